The Kier molecular flexibility index (Phi) is 8.87. The number of nitrogens with zero attached hydrogens (tertiary/aromatic N) is 1. The first-order valence-corrected chi connectivity index (χ1v) is 10.1. The maximum absolute atomic E-state index is 12.7. The monoisotopic (exact) mass is 417 g/mol. The van der Waals surface area contributed by atoms with Crippen LogP contribution in [0.3, 0.4) is 0 Å². The van der Waals surface area contributed by atoms with Crippen LogP contribution in [0.4, 0.5) is 5.69 Å². The second-order valence-corrected chi connectivity index (χ2v) is 6.99. The van der Waals surface area contributed by atoms with E-state index < -0.39 is 0 Å². The van der Waals surface area contributed by atoms with E-state index >= 15 is 0 Å². The normalized spacial score (nSPS) is 13.8. The molecule has 0 aliphatic carbocycles. The summed E-state index contributed by atoms with van der Waals surface area (Å²) in [7, 11) is 0. The highest BCUT2D eigenvalue weighted by atomic mass is 35.5. The number of anilines is 1. The molecule has 6 heteroatoms. The van der Waals surface area contributed by atoms with Gasteiger partial charge in [-0.05, 0) is 31.1 Å². The lowest BCUT2D eigenvalue weighted by Crippen LogP contribution is -2.34. The van der Waals surface area contributed by atoms with Crippen molar-refractivity contribution in [2.24, 2.45) is 5.92 Å². The van der Waals surface area contributed by atoms with Crippen molar-refractivity contribution in [1.82, 2.24) is 0 Å². The van der Waals surface area contributed by atoms with Crippen molar-refractivity contribution in [1.29, 1.82) is 0 Å². The third-order valence-corrected chi connectivity index (χ3v) is 4.37. The number of halogens is 1. The minimum Gasteiger partial charge on any atom is -0.490 e. The Balaban J connectivity index is 2.38. The summed E-state index contributed by atoms with van der Waals surface area (Å²) in [5.74, 6) is 2.00. The van der Waals surface area contributed by atoms with Crippen LogP contribution in [-0.4, -0.2) is 31.7 Å². The van der Waals surface area contributed by atoms with Gasteiger partial charge in [0.2, 0.25) is 12.7 Å². The average Bonchev–Trinajstić information content (AvgIpc) is 3.18. The number of allylic oxidation sites excluding steroid dienone is 4. The molecule has 0 bridgehead atoms. The number of carbonyl (C=O) groups excluding carboxylic acids is 1. The fourth-order valence-corrected chi connectivity index (χ4v) is 2.88. The van der Waals surface area contributed by atoms with Crippen LogP contribution in [-0.2, 0) is 9.53 Å². The second kappa shape index (κ2) is 11.4. The van der Waals surface area contributed by atoms with E-state index in [2.05, 4.69) is 26.5 Å². The zero-order valence-corrected chi connectivity index (χ0v) is 17.9. The predicted molar refractivity (Wildman–Crippen MR) is 118 cm³/mol. The van der Waals surface area contributed by atoms with E-state index in [0.29, 0.717) is 42.0 Å². The van der Waals surface area contributed by atoms with E-state index in [1.165, 1.54) is 0 Å². The SMILES string of the molecule is C=CCOC(=C/C)/C(=C\C=C/C(C)C)CN(C(=O)CCl)c1ccc2c(c1)OCO2. The summed E-state index contributed by atoms with van der Waals surface area (Å²) >= 11 is 5.90. The Hall–Kier alpha value is -2.66. The van der Waals surface area contributed by atoms with Crippen molar-refractivity contribution < 1.29 is 19.0 Å². The maximum Gasteiger partial charge on any atom is 0.242 e. The number of benzene rings is 1. The van der Waals surface area contributed by atoms with Crippen LogP contribution in [0.15, 0.2) is 66.5 Å². The lowest BCUT2D eigenvalue weighted by molar-refractivity contribution is -0.116. The van der Waals surface area contributed by atoms with Crippen molar-refractivity contribution in [3.8, 4) is 11.5 Å². The van der Waals surface area contributed by atoms with Crippen molar-refractivity contribution >= 4 is 23.2 Å². The summed E-state index contributed by atoms with van der Waals surface area (Å²) in [5.41, 5.74) is 1.53. The molecule has 1 aliphatic heterocycles. The topological polar surface area (TPSA) is 48.0 Å². The zero-order valence-electron chi connectivity index (χ0n) is 17.2. The summed E-state index contributed by atoms with van der Waals surface area (Å²) < 4.78 is 16.6. The van der Waals surface area contributed by atoms with Gasteiger partial charge in [-0.1, -0.05) is 44.7 Å². The number of hydrogen-bond acceptors (Lipinski definition) is 4. The molecule has 0 atom stereocenters. The molecule has 5 nitrogen and oxygen atoms in total. The van der Waals surface area contributed by atoms with Crippen LogP contribution in [0.1, 0.15) is 20.8 Å². The van der Waals surface area contributed by atoms with E-state index in [1.807, 2.05) is 31.2 Å². The van der Waals surface area contributed by atoms with E-state index in [0.717, 1.165) is 5.57 Å². The maximum atomic E-state index is 12.7. The standard InChI is InChI=1S/C23H28ClNO4/c1-5-12-27-20(6-2)18(9-7-8-17(3)4)15-25(23(26)14-24)19-10-11-21-22(13-19)29-16-28-21/h5-11,13,17H,1,12,14-16H2,2-4H3/b8-7-,18-9-,20-6+. The van der Waals surface area contributed by atoms with Crippen molar-refractivity contribution in [2.75, 3.05) is 30.7 Å². The van der Waals surface area contributed by atoms with Crippen LogP contribution in [0.2, 0.25) is 0 Å². The van der Waals surface area contributed by atoms with Gasteiger partial charge in [0.15, 0.2) is 11.5 Å². The number of rotatable bonds is 10. The molecule has 1 aromatic rings. The summed E-state index contributed by atoms with van der Waals surface area (Å²) in [5, 5.41) is 0. The Morgan fingerprint density at radius 3 is 2.76 bits per heavy atom. The number of ether oxygens (including phenoxy) is 3. The molecule has 0 N–H and O–H groups in total. The first-order valence-electron chi connectivity index (χ1n) is 9.53. The smallest absolute Gasteiger partial charge is 0.242 e. The third-order valence-electron chi connectivity index (χ3n) is 4.14. The summed E-state index contributed by atoms with van der Waals surface area (Å²) in [6.45, 7) is 10.6. The first-order chi connectivity index (χ1) is 14.0. The summed E-state index contributed by atoms with van der Waals surface area (Å²) in [6, 6.07) is 5.40. The van der Waals surface area contributed by atoms with E-state index in [4.69, 9.17) is 25.8 Å². The highest BCUT2D eigenvalue weighted by molar-refractivity contribution is 6.29. The number of alkyl halides is 1. The minimum absolute atomic E-state index is 0.137. The van der Waals surface area contributed by atoms with Crippen molar-refractivity contribution in [3.05, 3.63) is 66.5 Å². The molecule has 1 amide bonds. The van der Waals surface area contributed by atoms with Gasteiger partial charge in [0.1, 0.15) is 18.2 Å². The van der Waals surface area contributed by atoms with Gasteiger partial charge in [0.25, 0.3) is 0 Å². The summed E-state index contributed by atoms with van der Waals surface area (Å²) in [4.78, 5) is 14.3. The largest absolute Gasteiger partial charge is 0.490 e. The molecule has 0 fully saturated rings. The van der Waals surface area contributed by atoms with E-state index in [9.17, 15) is 4.79 Å². The highest BCUT2D eigenvalue weighted by Crippen LogP contribution is 2.36. The van der Waals surface area contributed by atoms with Gasteiger partial charge in [-0.3, -0.25) is 4.79 Å². The van der Waals surface area contributed by atoms with Crippen LogP contribution >= 0.6 is 11.6 Å². The first kappa shape index (κ1) is 22.6. The number of fused-ring (bicyclic) bond motifs is 1. The minimum atomic E-state index is -0.219. The molecule has 2 rings (SSSR count). The van der Waals surface area contributed by atoms with Crippen molar-refractivity contribution in [2.45, 2.75) is 20.8 Å². The lowest BCUT2D eigenvalue weighted by atomic mass is 10.1. The molecule has 29 heavy (non-hydrogen) atoms. The molecular formula is C23H28ClNO4. The van der Waals surface area contributed by atoms with Crippen LogP contribution in [0.25, 0.3) is 0 Å². The number of hydrogen-bond donors (Lipinski definition) is 0. The molecule has 0 unspecified atom stereocenters. The molecule has 156 valence electrons. The van der Waals surface area contributed by atoms with E-state index in [1.54, 1.807) is 23.1 Å². The van der Waals surface area contributed by atoms with Crippen LogP contribution in [0.5, 0.6) is 11.5 Å². The van der Waals surface area contributed by atoms with Crippen molar-refractivity contribution in [3.63, 3.8) is 0 Å². The second-order valence-electron chi connectivity index (χ2n) is 6.72. The molecule has 0 saturated heterocycles. The summed E-state index contributed by atoms with van der Waals surface area (Å²) in [6.07, 6.45) is 9.57. The molecule has 0 aromatic heterocycles. The van der Waals surface area contributed by atoms with E-state index in [-0.39, 0.29) is 18.6 Å². The molecule has 1 heterocycles. The quantitative estimate of drug-likeness (QED) is 0.226. The zero-order chi connectivity index (χ0) is 21.2. The Morgan fingerprint density at radius 1 is 1.34 bits per heavy atom. The van der Waals surface area contributed by atoms with Gasteiger partial charge in [-0.15, -0.1) is 11.6 Å². The molecule has 1 aromatic carbocycles. The van der Waals surface area contributed by atoms with Gasteiger partial charge in [0.05, 0.1) is 6.54 Å². The van der Waals surface area contributed by atoms with Gasteiger partial charge >= 0.3 is 0 Å². The lowest BCUT2D eigenvalue weighted by Gasteiger charge is -2.25. The van der Waals surface area contributed by atoms with Crippen LogP contribution < -0.4 is 14.4 Å². The Bertz CT molecular complexity index is 811. The number of amides is 1. The Labute approximate surface area is 177 Å². The molecular weight excluding hydrogens is 390 g/mol. The van der Waals surface area contributed by atoms with Gasteiger partial charge in [-0.25, -0.2) is 0 Å². The number of carbonyl (C=O) groups is 1. The molecule has 0 saturated carbocycles. The fourth-order valence-electron chi connectivity index (χ4n) is 2.74. The Morgan fingerprint density at radius 2 is 2.10 bits per heavy atom. The highest BCUT2D eigenvalue weighted by Gasteiger charge is 2.22. The van der Waals surface area contributed by atoms with Gasteiger partial charge in [0, 0.05) is 17.3 Å². The average molecular weight is 418 g/mol. The predicted octanol–water partition coefficient (Wildman–Crippen LogP) is 5.23. The third kappa shape index (κ3) is 6.43. The molecule has 0 spiro atoms. The molecule has 0 radical (unpaired) electrons. The van der Waals surface area contributed by atoms with Crippen LogP contribution in [0, 0.1) is 5.92 Å². The fraction of sp³-hybridized carbons (Fsp3) is 0.348. The molecule has 1 aliphatic rings. The van der Waals surface area contributed by atoms with Gasteiger partial charge in [-0.2, -0.15) is 0 Å². The van der Waals surface area contributed by atoms with Gasteiger partial charge < -0.3 is 19.1 Å².